The van der Waals surface area contributed by atoms with Gasteiger partial charge in [0, 0.05) is 18.2 Å². The molecule has 0 aromatic carbocycles. The molecule has 0 bridgehead atoms. The molecule has 23 heavy (non-hydrogen) atoms. The van der Waals surface area contributed by atoms with Gasteiger partial charge in [-0.05, 0) is 37.5 Å². The molecule has 128 valence electrons. The lowest BCUT2D eigenvalue weighted by Crippen LogP contribution is -2.12. The van der Waals surface area contributed by atoms with Gasteiger partial charge in [-0.2, -0.15) is 5.11 Å². The van der Waals surface area contributed by atoms with Crippen LogP contribution in [0.25, 0.3) is 0 Å². The third-order valence-corrected chi connectivity index (χ3v) is 3.26. The smallest absolute Gasteiger partial charge is 0.162 e. The minimum Gasteiger partial charge on any atom is -0.493 e. The topological polar surface area (TPSA) is 67.0 Å². The summed E-state index contributed by atoms with van der Waals surface area (Å²) in [4.78, 5) is 4.61. The van der Waals surface area contributed by atoms with E-state index < -0.39 is 0 Å². The summed E-state index contributed by atoms with van der Waals surface area (Å²) in [5, 5.41) is 3.33. The van der Waals surface area contributed by atoms with E-state index in [4.69, 9.17) is 15.0 Å². The van der Waals surface area contributed by atoms with E-state index in [1.807, 2.05) is 39.8 Å². The zero-order chi connectivity index (χ0) is 17.8. The lowest BCUT2D eigenvalue weighted by Gasteiger charge is -2.19. The predicted octanol–water partition coefficient (Wildman–Crippen LogP) is 5.19. The van der Waals surface area contributed by atoms with E-state index in [-0.39, 0.29) is 0 Å². The third kappa shape index (κ3) is 5.85. The quantitative estimate of drug-likeness (QED) is 0.685. The molecule has 0 saturated carbocycles. The van der Waals surface area contributed by atoms with Crippen LogP contribution in [-0.4, -0.2) is 26.5 Å². The number of nitrogens with zero attached hydrogens (tertiary/aromatic N) is 2. The molecule has 0 spiro atoms. The number of methoxy groups -OCH3 is 2. The lowest BCUT2D eigenvalue weighted by molar-refractivity contribution is 0.220. The first-order valence-electron chi connectivity index (χ1n) is 7.90. The van der Waals surface area contributed by atoms with E-state index in [2.05, 4.69) is 17.0 Å². The molecule has 0 saturated heterocycles. The van der Waals surface area contributed by atoms with Crippen molar-refractivity contribution in [1.82, 2.24) is 0 Å². The van der Waals surface area contributed by atoms with Crippen molar-refractivity contribution in [1.29, 1.82) is 5.53 Å². The Labute approximate surface area is 140 Å². The van der Waals surface area contributed by atoms with Gasteiger partial charge >= 0.3 is 0 Å². The van der Waals surface area contributed by atoms with Gasteiger partial charge in [-0.3, -0.25) is 4.99 Å². The number of rotatable bonds is 6. The second kappa shape index (κ2) is 11.4. The Bertz CT molecular complexity index is 553. The second-order valence-corrected chi connectivity index (χ2v) is 4.67. The van der Waals surface area contributed by atoms with Crippen molar-refractivity contribution in [3.63, 3.8) is 0 Å². The Kier molecular flexibility index (Phi) is 10.3. The van der Waals surface area contributed by atoms with Crippen LogP contribution in [0.4, 0.5) is 0 Å². The van der Waals surface area contributed by atoms with Crippen LogP contribution < -0.4 is 0 Å². The summed E-state index contributed by atoms with van der Waals surface area (Å²) in [6.07, 6.45) is 6.31. The van der Waals surface area contributed by atoms with Gasteiger partial charge in [0.15, 0.2) is 11.5 Å². The molecule has 1 aliphatic carbocycles. The number of nitrogens with one attached hydrogen (secondary N) is 1. The first-order valence-corrected chi connectivity index (χ1v) is 7.90. The number of hydrogen-bond acceptors (Lipinski definition) is 5. The molecular formula is C18H29N3O2. The molecule has 0 aliphatic heterocycles. The molecular weight excluding hydrogens is 290 g/mol. The average molecular weight is 319 g/mol. The van der Waals surface area contributed by atoms with Crippen molar-refractivity contribution in [2.45, 2.75) is 41.0 Å². The molecule has 0 aromatic rings. The van der Waals surface area contributed by atoms with E-state index in [0.29, 0.717) is 11.5 Å². The van der Waals surface area contributed by atoms with E-state index in [9.17, 15) is 0 Å². The third-order valence-electron chi connectivity index (χ3n) is 3.26. The molecule has 0 heterocycles. The average Bonchev–Trinajstić information content (AvgIpc) is 2.60. The first kappa shape index (κ1) is 20.8. The summed E-state index contributed by atoms with van der Waals surface area (Å²) in [7, 11) is 3.23. The van der Waals surface area contributed by atoms with Gasteiger partial charge in [0.1, 0.15) is 0 Å². The van der Waals surface area contributed by atoms with E-state index in [1.165, 1.54) is 6.20 Å². The van der Waals surface area contributed by atoms with Gasteiger partial charge in [-0.1, -0.05) is 20.8 Å². The highest BCUT2D eigenvalue weighted by Gasteiger charge is 2.19. The highest BCUT2D eigenvalue weighted by atomic mass is 16.5. The normalized spacial score (nSPS) is 18.4. The number of ether oxygens (including phenoxy) is 2. The summed E-state index contributed by atoms with van der Waals surface area (Å²) >= 11 is 0. The minimum absolute atomic E-state index is 0.663. The lowest BCUT2D eigenvalue weighted by atomic mass is 9.94. The van der Waals surface area contributed by atoms with Gasteiger partial charge in [-0.15, -0.1) is 0 Å². The number of hydrogen-bond donors (Lipinski definition) is 1. The predicted molar refractivity (Wildman–Crippen MR) is 95.7 cm³/mol. The Morgan fingerprint density at radius 1 is 1.13 bits per heavy atom. The van der Waals surface area contributed by atoms with E-state index in [1.54, 1.807) is 14.2 Å². The van der Waals surface area contributed by atoms with Gasteiger partial charge in [0.25, 0.3) is 0 Å². The van der Waals surface area contributed by atoms with E-state index >= 15 is 0 Å². The fourth-order valence-electron chi connectivity index (χ4n) is 1.94. The van der Waals surface area contributed by atoms with Crippen LogP contribution in [0.3, 0.4) is 0 Å². The summed E-state index contributed by atoms with van der Waals surface area (Å²) in [5.74, 6) is 1.33. The summed E-state index contributed by atoms with van der Waals surface area (Å²) in [5.41, 5.74) is 10.7. The Morgan fingerprint density at radius 2 is 1.70 bits per heavy atom. The van der Waals surface area contributed by atoms with Crippen LogP contribution in [0.15, 0.2) is 56.7 Å². The number of allylic oxidation sites excluding steroid dienone is 5. The fraction of sp³-hybridized carbons (Fsp3) is 0.500. The summed E-state index contributed by atoms with van der Waals surface area (Å²) in [6, 6.07) is 0. The van der Waals surface area contributed by atoms with Crippen molar-refractivity contribution in [2.24, 2.45) is 10.1 Å². The van der Waals surface area contributed by atoms with Crippen LogP contribution in [-0.2, 0) is 9.47 Å². The van der Waals surface area contributed by atoms with Crippen LogP contribution >= 0.6 is 0 Å². The first-order chi connectivity index (χ1) is 11.1. The Morgan fingerprint density at radius 3 is 2.17 bits per heavy atom. The Hall–Kier alpha value is -2.17. The van der Waals surface area contributed by atoms with Gasteiger partial charge in [0.2, 0.25) is 0 Å². The molecule has 0 atom stereocenters. The van der Waals surface area contributed by atoms with Crippen molar-refractivity contribution in [3.8, 4) is 0 Å². The molecule has 0 fully saturated rings. The molecule has 5 heteroatoms. The minimum atomic E-state index is 0.663. The maximum atomic E-state index is 6.96. The maximum Gasteiger partial charge on any atom is 0.162 e. The largest absolute Gasteiger partial charge is 0.493 e. The maximum absolute atomic E-state index is 6.96. The highest BCUT2D eigenvalue weighted by Crippen LogP contribution is 2.27. The molecule has 5 nitrogen and oxygen atoms in total. The van der Waals surface area contributed by atoms with E-state index in [0.717, 1.165) is 35.4 Å². The van der Waals surface area contributed by atoms with Gasteiger partial charge < -0.3 is 9.47 Å². The highest BCUT2D eigenvalue weighted by molar-refractivity contribution is 6.13. The number of aliphatic imine (C=N–C) groups is 1. The SMILES string of the molecule is CC.CCCN=C1C=C(OC)C(OC)=C/C1=C(C)\C(C)=C\N=N. The van der Waals surface area contributed by atoms with Crippen molar-refractivity contribution in [3.05, 3.63) is 46.6 Å². The molecule has 0 unspecified atom stereocenters. The molecule has 1 aliphatic rings. The summed E-state index contributed by atoms with van der Waals surface area (Å²) in [6.45, 7) is 10.8. The van der Waals surface area contributed by atoms with Crippen LogP contribution in [0, 0.1) is 5.53 Å². The van der Waals surface area contributed by atoms with Crippen molar-refractivity contribution < 1.29 is 9.47 Å². The van der Waals surface area contributed by atoms with Crippen LogP contribution in [0.1, 0.15) is 41.0 Å². The standard InChI is InChI=1S/C16H23N3O2.C2H6/c1-6-7-18-14-9-16(21-5)15(20-4)8-13(14)12(3)11(2)10-19-17;1-2/h8-10,17H,6-7H2,1-5H3;1-2H3/b11-10+,13-12+,18-14?,19-17?;. The molecule has 0 aromatic heterocycles. The van der Waals surface area contributed by atoms with Gasteiger partial charge in [0.05, 0.1) is 26.1 Å². The fourth-order valence-corrected chi connectivity index (χ4v) is 1.94. The zero-order valence-corrected chi connectivity index (χ0v) is 15.4. The van der Waals surface area contributed by atoms with Crippen molar-refractivity contribution >= 4 is 5.71 Å². The van der Waals surface area contributed by atoms with Crippen LogP contribution in [0.2, 0.25) is 0 Å². The molecule has 0 radical (unpaired) electrons. The van der Waals surface area contributed by atoms with Gasteiger partial charge in [-0.25, -0.2) is 5.53 Å². The molecule has 1 N–H and O–H groups in total. The Balaban J connectivity index is 0.00000232. The molecule has 1 rings (SSSR count). The van der Waals surface area contributed by atoms with Crippen LogP contribution in [0.5, 0.6) is 0 Å². The van der Waals surface area contributed by atoms with Crippen molar-refractivity contribution in [2.75, 3.05) is 20.8 Å². The zero-order valence-electron chi connectivity index (χ0n) is 15.4. The second-order valence-electron chi connectivity index (χ2n) is 4.67. The monoisotopic (exact) mass is 319 g/mol. The summed E-state index contributed by atoms with van der Waals surface area (Å²) < 4.78 is 10.7. The molecule has 0 amide bonds.